The molecule has 8 heteroatoms. The molecule has 0 unspecified atom stereocenters. The molecule has 0 bridgehead atoms. The molecule has 2 aromatic heterocycles. The second-order valence-corrected chi connectivity index (χ2v) is 5.82. The average molecular weight is 333 g/mol. The van der Waals surface area contributed by atoms with Crippen LogP contribution in [0.1, 0.15) is 25.1 Å². The molecule has 1 aliphatic carbocycles. The van der Waals surface area contributed by atoms with Crippen molar-refractivity contribution in [2.24, 2.45) is 0 Å². The first-order valence-electron chi connectivity index (χ1n) is 6.07. The van der Waals surface area contributed by atoms with E-state index in [4.69, 9.17) is 11.6 Å². The Labute approximate surface area is 131 Å². The first kappa shape index (κ1) is 15.3. The van der Waals surface area contributed by atoms with Gasteiger partial charge in [-0.3, -0.25) is 9.89 Å². The molecule has 0 aliphatic heterocycles. The van der Waals surface area contributed by atoms with E-state index in [1.165, 1.54) is 0 Å². The highest BCUT2D eigenvalue weighted by atomic mass is 35.5. The standard InChI is InChI=1S/C12H13ClN4OS.ClH/c13-7-9(18)15-12(4-2-5-12)11-14-10(16-17-11)8-3-1-6-19-8;/h1,3,6H,2,4-5,7H2,(H,15,18)(H,14,16,17);1H. The van der Waals surface area contributed by atoms with Crippen LogP contribution in [-0.4, -0.2) is 27.0 Å². The van der Waals surface area contributed by atoms with E-state index in [9.17, 15) is 4.79 Å². The lowest BCUT2D eigenvalue weighted by molar-refractivity contribution is -0.122. The van der Waals surface area contributed by atoms with Gasteiger partial charge in [0.05, 0.1) is 10.4 Å². The second kappa shape index (κ2) is 6.11. The summed E-state index contributed by atoms with van der Waals surface area (Å²) in [6.45, 7) is 0. The third kappa shape index (κ3) is 2.68. The van der Waals surface area contributed by atoms with E-state index in [1.807, 2.05) is 17.5 Å². The fourth-order valence-corrected chi connectivity index (χ4v) is 2.97. The van der Waals surface area contributed by atoms with Crippen LogP contribution in [-0.2, 0) is 10.3 Å². The lowest BCUT2D eigenvalue weighted by atomic mass is 9.76. The summed E-state index contributed by atoms with van der Waals surface area (Å²) in [4.78, 5) is 17.1. The largest absolute Gasteiger partial charge is 0.342 e. The van der Waals surface area contributed by atoms with Gasteiger partial charge in [-0.05, 0) is 30.7 Å². The molecular formula is C12H14Cl2N4OS. The normalized spacial score (nSPS) is 16.1. The second-order valence-electron chi connectivity index (χ2n) is 4.60. The number of thiophene rings is 1. The van der Waals surface area contributed by atoms with E-state index in [0.717, 1.165) is 30.0 Å². The first-order valence-corrected chi connectivity index (χ1v) is 7.49. The van der Waals surface area contributed by atoms with Crippen LogP contribution in [0.5, 0.6) is 0 Å². The fourth-order valence-electron chi connectivity index (χ4n) is 2.24. The number of aromatic nitrogens is 3. The number of carbonyl (C=O) groups excluding carboxylic acids is 1. The maximum Gasteiger partial charge on any atom is 0.235 e. The van der Waals surface area contributed by atoms with Crippen LogP contribution < -0.4 is 5.32 Å². The van der Waals surface area contributed by atoms with Crippen LogP contribution in [0.15, 0.2) is 17.5 Å². The molecule has 0 aromatic carbocycles. The van der Waals surface area contributed by atoms with Crippen molar-refractivity contribution >= 4 is 41.3 Å². The molecule has 2 N–H and O–H groups in total. The highest BCUT2D eigenvalue weighted by molar-refractivity contribution is 7.13. The number of rotatable bonds is 4. The van der Waals surface area contributed by atoms with Crippen LogP contribution in [0, 0.1) is 0 Å². The number of carbonyl (C=O) groups is 1. The minimum atomic E-state index is -0.408. The van der Waals surface area contributed by atoms with Gasteiger partial charge in [-0.25, -0.2) is 4.98 Å². The molecule has 20 heavy (non-hydrogen) atoms. The van der Waals surface area contributed by atoms with Gasteiger partial charge in [0.1, 0.15) is 5.88 Å². The molecule has 108 valence electrons. The summed E-state index contributed by atoms with van der Waals surface area (Å²) in [5, 5.41) is 12.1. The van der Waals surface area contributed by atoms with Gasteiger partial charge in [-0.15, -0.1) is 35.3 Å². The molecule has 1 amide bonds. The molecule has 0 saturated heterocycles. The van der Waals surface area contributed by atoms with Gasteiger partial charge in [0.15, 0.2) is 11.6 Å². The molecule has 0 atom stereocenters. The van der Waals surface area contributed by atoms with Crippen molar-refractivity contribution in [3.05, 3.63) is 23.3 Å². The molecule has 1 fully saturated rings. The van der Waals surface area contributed by atoms with Crippen LogP contribution in [0.4, 0.5) is 0 Å². The third-order valence-electron chi connectivity index (χ3n) is 3.39. The van der Waals surface area contributed by atoms with Crippen molar-refractivity contribution in [2.45, 2.75) is 24.8 Å². The highest BCUT2D eigenvalue weighted by Crippen LogP contribution is 2.40. The van der Waals surface area contributed by atoms with Crippen molar-refractivity contribution in [1.82, 2.24) is 20.5 Å². The minimum absolute atomic E-state index is 0. The smallest absolute Gasteiger partial charge is 0.235 e. The zero-order chi connectivity index (χ0) is 13.3. The fraction of sp³-hybridized carbons (Fsp3) is 0.417. The molecule has 1 saturated carbocycles. The third-order valence-corrected chi connectivity index (χ3v) is 4.50. The van der Waals surface area contributed by atoms with Gasteiger partial charge < -0.3 is 5.32 Å². The number of hydrogen-bond acceptors (Lipinski definition) is 4. The number of alkyl halides is 1. The zero-order valence-corrected chi connectivity index (χ0v) is 12.9. The summed E-state index contributed by atoms with van der Waals surface area (Å²) in [6, 6.07) is 3.94. The van der Waals surface area contributed by atoms with Gasteiger partial charge in [0.2, 0.25) is 5.91 Å². The Morgan fingerprint density at radius 3 is 2.90 bits per heavy atom. The molecule has 1 aliphatic rings. The van der Waals surface area contributed by atoms with Crippen molar-refractivity contribution in [1.29, 1.82) is 0 Å². The van der Waals surface area contributed by atoms with E-state index in [-0.39, 0.29) is 24.2 Å². The molecule has 0 spiro atoms. The number of nitrogens with zero attached hydrogens (tertiary/aromatic N) is 2. The summed E-state index contributed by atoms with van der Waals surface area (Å²) in [5.74, 6) is 1.20. The number of amides is 1. The number of nitrogens with one attached hydrogen (secondary N) is 2. The van der Waals surface area contributed by atoms with Crippen molar-refractivity contribution in [3.8, 4) is 10.7 Å². The Hall–Kier alpha value is -1.11. The monoisotopic (exact) mass is 332 g/mol. The van der Waals surface area contributed by atoms with Crippen molar-refractivity contribution < 1.29 is 4.79 Å². The molecule has 2 heterocycles. The summed E-state index contributed by atoms with van der Waals surface area (Å²) in [6.07, 6.45) is 2.81. The molecule has 3 rings (SSSR count). The van der Waals surface area contributed by atoms with Gasteiger partial charge in [0.25, 0.3) is 0 Å². The van der Waals surface area contributed by atoms with Gasteiger partial charge in [0, 0.05) is 0 Å². The zero-order valence-electron chi connectivity index (χ0n) is 10.6. The lowest BCUT2D eigenvalue weighted by Crippen LogP contribution is -2.52. The SMILES string of the molecule is Cl.O=C(CCl)NC1(c2nc(-c3cccs3)n[nH]2)CCC1. The molecular weight excluding hydrogens is 319 g/mol. The first-order chi connectivity index (χ1) is 9.23. The predicted octanol–water partition coefficient (Wildman–Crippen LogP) is 2.69. The Morgan fingerprint density at radius 2 is 2.35 bits per heavy atom. The number of halogens is 2. The minimum Gasteiger partial charge on any atom is -0.342 e. The van der Waals surface area contributed by atoms with Crippen LogP contribution in [0.2, 0.25) is 0 Å². The molecule has 5 nitrogen and oxygen atoms in total. The van der Waals surface area contributed by atoms with E-state index in [1.54, 1.807) is 11.3 Å². The van der Waals surface area contributed by atoms with Crippen LogP contribution in [0.3, 0.4) is 0 Å². The van der Waals surface area contributed by atoms with Crippen LogP contribution in [0.25, 0.3) is 10.7 Å². The number of aromatic amines is 1. The Kier molecular flexibility index (Phi) is 4.67. The Bertz CT molecular complexity index is 580. The summed E-state index contributed by atoms with van der Waals surface area (Å²) >= 11 is 7.15. The van der Waals surface area contributed by atoms with Crippen LogP contribution >= 0.6 is 35.3 Å². The van der Waals surface area contributed by atoms with Gasteiger partial charge in [-0.2, -0.15) is 5.10 Å². The summed E-state index contributed by atoms with van der Waals surface area (Å²) in [7, 11) is 0. The maximum atomic E-state index is 11.5. The van der Waals surface area contributed by atoms with Crippen molar-refractivity contribution in [2.75, 3.05) is 5.88 Å². The lowest BCUT2D eigenvalue weighted by Gasteiger charge is -2.40. The maximum absolute atomic E-state index is 11.5. The van der Waals surface area contributed by atoms with E-state index in [0.29, 0.717) is 5.82 Å². The topological polar surface area (TPSA) is 70.7 Å². The molecule has 0 radical (unpaired) electrons. The van der Waals surface area contributed by atoms with Gasteiger partial charge >= 0.3 is 0 Å². The summed E-state index contributed by atoms with van der Waals surface area (Å²) < 4.78 is 0. The highest BCUT2D eigenvalue weighted by Gasteiger charge is 2.43. The van der Waals surface area contributed by atoms with E-state index < -0.39 is 5.54 Å². The quantitative estimate of drug-likeness (QED) is 0.845. The summed E-state index contributed by atoms with van der Waals surface area (Å²) in [5.41, 5.74) is -0.408. The number of H-pyrrole nitrogens is 1. The van der Waals surface area contributed by atoms with E-state index >= 15 is 0 Å². The Morgan fingerprint density at radius 1 is 1.55 bits per heavy atom. The van der Waals surface area contributed by atoms with Crippen molar-refractivity contribution in [3.63, 3.8) is 0 Å². The van der Waals surface area contributed by atoms with Gasteiger partial charge in [-0.1, -0.05) is 6.07 Å². The van der Waals surface area contributed by atoms with E-state index in [2.05, 4.69) is 20.5 Å². The Balaban J connectivity index is 0.00000147. The predicted molar refractivity (Wildman–Crippen MR) is 81.3 cm³/mol. The average Bonchev–Trinajstić information content (AvgIpc) is 3.03. The molecule has 2 aromatic rings. The number of hydrogen-bond donors (Lipinski definition) is 2.